The van der Waals surface area contributed by atoms with Gasteiger partial charge in [0.2, 0.25) is 10.0 Å². The number of sulfonamides is 1. The van der Waals surface area contributed by atoms with Crippen LogP contribution >= 0.6 is 0 Å². The Morgan fingerprint density at radius 3 is 2.00 bits per heavy atom. The van der Waals surface area contributed by atoms with Crippen LogP contribution in [0.2, 0.25) is 0 Å². The lowest BCUT2D eigenvalue weighted by atomic mass is 10.0. The van der Waals surface area contributed by atoms with Crippen LogP contribution < -0.4 is 4.72 Å². The van der Waals surface area contributed by atoms with Gasteiger partial charge < -0.3 is 10.2 Å². The van der Waals surface area contributed by atoms with Crippen molar-refractivity contribution in [1.29, 1.82) is 0 Å². The number of hydrogen-bond donors (Lipinski definition) is 3. The molecular weight excluding hydrogens is 282 g/mol. The fraction of sp³-hybridized carbons (Fsp3) is 0.462. The molecule has 0 saturated heterocycles. The zero-order valence-corrected chi connectivity index (χ0v) is 12.7. The molecule has 0 fully saturated rings. The number of aliphatic hydroxyl groups is 1. The topological polar surface area (TPSA) is 104 Å². The van der Waals surface area contributed by atoms with Crippen LogP contribution in [-0.2, 0) is 14.8 Å². The number of aliphatic hydroxyl groups excluding tert-OH is 1. The van der Waals surface area contributed by atoms with Crippen LogP contribution in [-0.4, -0.2) is 37.2 Å². The molecule has 0 saturated carbocycles. The summed E-state index contributed by atoms with van der Waals surface area (Å²) >= 11 is 0. The van der Waals surface area contributed by atoms with E-state index >= 15 is 0 Å². The van der Waals surface area contributed by atoms with Crippen molar-refractivity contribution >= 4 is 16.0 Å². The van der Waals surface area contributed by atoms with Gasteiger partial charge in [-0.3, -0.25) is 4.79 Å². The second kappa shape index (κ2) is 5.90. The monoisotopic (exact) mass is 301 g/mol. The van der Waals surface area contributed by atoms with Gasteiger partial charge in [0.15, 0.2) is 0 Å². The first-order valence-corrected chi connectivity index (χ1v) is 7.53. The van der Waals surface area contributed by atoms with Crippen LogP contribution in [0.25, 0.3) is 0 Å². The molecule has 1 aromatic rings. The molecule has 1 aromatic carbocycles. The number of rotatable bonds is 5. The minimum atomic E-state index is -4.01. The van der Waals surface area contributed by atoms with Crippen LogP contribution in [0.4, 0.5) is 0 Å². The third-order valence-corrected chi connectivity index (χ3v) is 5.09. The number of aliphatic carboxylic acids is 1. The Labute approximate surface area is 118 Å². The van der Waals surface area contributed by atoms with Crippen LogP contribution in [0.1, 0.15) is 22.3 Å². The highest BCUT2D eigenvalue weighted by atomic mass is 32.2. The van der Waals surface area contributed by atoms with Crippen LogP contribution in [0.15, 0.2) is 11.0 Å². The summed E-state index contributed by atoms with van der Waals surface area (Å²) in [5.74, 6) is -1.42. The third-order valence-electron chi connectivity index (χ3n) is 3.34. The van der Waals surface area contributed by atoms with Crippen LogP contribution in [0, 0.1) is 27.7 Å². The molecule has 0 bridgehead atoms. The fourth-order valence-corrected chi connectivity index (χ4v) is 3.79. The summed E-state index contributed by atoms with van der Waals surface area (Å²) in [4.78, 5) is 10.9. The maximum absolute atomic E-state index is 12.4. The first-order valence-electron chi connectivity index (χ1n) is 6.05. The first kappa shape index (κ1) is 16.6. The lowest BCUT2D eigenvalue weighted by molar-refractivity contribution is -0.139. The van der Waals surface area contributed by atoms with Gasteiger partial charge in [-0.2, -0.15) is 4.72 Å². The Morgan fingerprint density at radius 2 is 1.65 bits per heavy atom. The summed E-state index contributed by atoms with van der Waals surface area (Å²) in [6.07, 6.45) is 0. The minimum Gasteiger partial charge on any atom is -0.480 e. The molecule has 0 heterocycles. The van der Waals surface area contributed by atoms with Gasteiger partial charge in [-0.05, 0) is 49.9 Å². The Kier molecular flexibility index (Phi) is 4.90. The van der Waals surface area contributed by atoms with Gasteiger partial charge in [0.05, 0.1) is 11.5 Å². The molecular formula is C13H19NO5S. The molecule has 3 N–H and O–H groups in total. The molecule has 0 aliphatic heterocycles. The van der Waals surface area contributed by atoms with Crippen molar-refractivity contribution in [3.05, 3.63) is 28.3 Å². The van der Waals surface area contributed by atoms with E-state index < -0.39 is 28.6 Å². The molecule has 1 rings (SSSR count). The lowest BCUT2D eigenvalue weighted by Gasteiger charge is -2.18. The van der Waals surface area contributed by atoms with E-state index in [4.69, 9.17) is 10.2 Å². The van der Waals surface area contributed by atoms with Gasteiger partial charge in [-0.1, -0.05) is 6.07 Å². The normalized spacial score (nSPS) is 13.2. The summed E-state index contributed by atoms with van der Waals surface area (Å²) in [6, 6.07) is 0.323. The molecule has 7 heteroatoms. The zero-order valence-electron chi connectivity index (χ0n) is 11.9. The highest BCUT2D eigenvalue weighted by Gasteiger charge is 2.28. The standard InChI is InChI=1S/C13H19NO5S/c1-7-5-8(2)10(4)12(9(7)3)20(18,19)14-11(6-15)13(16)17/h5,11,14-15H,6H2,1-4H3,(H,16,17)/t11-/m0/s1. The quantitative estimate of drug-likeness (QED) is 0.740. The van der Waals surface area contributed by atoms with Crippen molar-refractivity contribution in [1.82, 2.24) is 4.72 Å². The van der Waals surface area contributed by atoms with E-state index in [0.29, 0.717) is 11.1 Å². The summed E-state index contributed by atoms with van der Waals surface area (Å²) < 4.78 is 26.8. The van der Waals surface area contributed by atoms with Gasteiger partial charge in [0.25, 0.3) is 0 Å². The molecule has 0 unspecified atom stereocenters. The van der Waals surface area contributed by atoms with Crippen LogP contribution in [0.5, 0.6) is 0 Å². The molecule has 1 atom stereocenters. The number of aryl methyl sites for hydroxylation is 2. The highest BCUT2D eigenvalue weighted by Crippen LogP contribution is 2.26. The van der Waals surface area contributed by atoms with Crippen molar-refractivity contribution < 1.29 is 23.4 Å². The smallest absolute Gasteiger partial charge is 0.324 e. The third kappa shape index (κ3) is 3.17. The second-order valence-corrected chi connectivity index (χ2v) is 6.43. The molecule has 20 heavy (non-hydrogen) atoms. The number of hydrogen-bond acceptors (Lipinski definition) is 4. The summed E-state index contributed by atoms with van der Waals surface area (Å²) in [5, 5.41) is 17.8. The zero-order chi connectivity index (χ0) is 15.7. The Morgan fingerprint density at radius 1 is 1.20 bits per heavy atom. The Balaban J connectivity index is 3.40. The SMILES string of the molecule is Cc1cc(C)c(C)c(S(=O)(=O)N[C@@H](CO)C(=O)O)c1C. The summed E-state index contributed by atoms with van der Waals surface area (Å²) in [6.45, 7) is 6.12. The molecule has 0 aliphatic rings. The van der Waals surface area contributed by atoms with Gasteiger partial charge in [-0.25, -0.2) is 8.42 Å². The average molecular weight is 301 g/mol. The van der Waals surface area contributed by atoms with E-state index in [9.17, 15) is 13.2 Å². The predicted octanol–water partition coefficient (Wildman–Crippen LogP) is 0.644. The molecule has 0 aromatic heterocycles. The summed E-state index contributed by atoms with van der Waals surface area (Å²) in [5.41, 5.74) is 2.76. The van der Waals surface area contributed by atoms with Crippen molar-refractivity contribution in [2.24, 2.45) is 0 Å². The van der Waals surface area contributed by atoms with E-state index in [1.54, 1.807) is 27.7 Å². The molecule has 0 aliphatic carbocycles. The number of nitrogens with one attached hydrogen (secondary N) is 1. The predicted molar refractivity (Wildman–Crippen MR) is 74.2 cm³/mol. The minimum absolute atomic E-state index is 0.0784. The highest BCUT2D eigenvalue weighted by molar-refractivity contribution is 7.89. The first-order chi connectivity index (χ1) is 9.11. The number of carbonyl (C=O) groups is 1. The Bertz CT molecular complexity index is 610. The molecule has 6 nitrogen and oxygen atoms in total. The molecule has 0 spiro atoms. The van der Waals surface area contributed by atoms with E-state index in [0.717, 1.165) is 11.1 Å². The molecule has 112 valence electrons. The second-order valence-electron chi connectivity index (χ2n) is 4.78. The van der Waals surface area contributed by atoms with Crippen molar-refractivity contribution in [3.63, 3.8) is 0 Å². The van der Waals surface area contributed by atoms with Gasteiger partial charge in [0, 0.05) is 0 Å². The van der Waals surface area contributed by atoms with E-state index in [-0.39, 0.29) is 4.90 Å². The maximum Gasteiger partial charge on any atom is 0.324 e. The van der Waals surface area contributed by atoms with E-state index in [1.807, 2.05) is 10.8 Å². The number of carboxylic acids is 1. The molecule has 0 amide bonds. The van der Waals surface area contributed by atoms with E-state index in [1.165, 1.54) is 0 Å². The van der Waals surface area contributed by atoms with E-state index in [2.05, 4.69) is 0 Å². The largest absolute Gasteiger partial charge is 0.480 e. The fourth-order valence-electron chi connectivity index (χ4n) is 2.00. The van der Waals surface area contributed by atoms with Crippen molar-refractivity contribution in [3.8, 4) is 0 Å². The summed E-state index contributed by atoms with van der Waals surface area (Å²) in [7, 11) is -4.01. The average Bonchev–Trinajstić information content (AvgIpc) is 2.33. The van der Waals surface area contributed by atoms with Crippen molar-refractivity contribution in [2.75, 3.05) is 6.61 Å². The molecule has 0 radical (unpaired) electrons. The van der Waals surface area contributed by atoms with Crippen LogP contribution in [0.3, 0.4) is 0 Å². The maximum atomic E-state index is 12.4. The van der Waals surface area contributed by atoms with Crippen molar-refractivity contribution in [2.45, 2.75) is 38.6 Å². The van der Waals surface area contributed by atoms with Gasteiger partial charge in [0.1, 0.15) is 6.04 Å². The van der Waals surface area contributed by atoms with Gasteiger partial charge >= 0.3 is 5.97 Å². The number of carboxylic acid groups (broad SMARTS) is 1. The van der Waals surface area contributed by atoms with Gasteiger partial charge in [-0.15, -0.1) is 0 Å². The Hall–Kier alpha value is -1.44. The lowest BCUT2D eigenvalue weighted by Crippen LogP contribution is -2.43. The number of benzene rings is 1.